The first kappa shape index (κ1) is 14.8. The average Bonchev–Trinajstić information content (AvgIpc) is 2.81. The zero-order valence-corrected chi connectivity index (χ0v) is 12.1. The van der Waals surface area contributed by atoms with Crippen LogP contribution in [-0.2, 0) is 16.5 Å². The van der Waals surface area contributed by atoms with Gasteiger partial charge in [0.2, 0.25) is 0 Å². The molecule has 0 aromatic carbocycles. The molecule has 0 saturated carbocycles. The lowest BCUT2D eigenvalue weighted by Gasteiger charge is -2.26. The van der Waals surface area contributed by atoms with Crippen LogP contribution in [0.5, 0.6) is 0 Å². The number of esters is 1. The summed E-state index contributed by atoms with van der Waals surface area (Å²) in [6.45, 7) is 7.28. The summed E-state index contributed by atoms with van der Waals surface area (Å²) in [5.41, 5.74) is 0.483. The third-order valence-corrected chi connectivity index (χ3v) is 3.15. The van der Waals surface area contributed by atoms with E-state index in [-0.39, 0.29) is 5.97 Å². The largest absolute Gasteiger partial charge is 0.462 e. The van der Waals surface area contributed by atoms with E-state index in [1.54, 1.807) is 24.9 Å². The molecule has 0 atom stereocenters. The molecule has 7 heteroatoms. The van der Waals surface area contributed by atoms with Gasteiger partial charge in [-0.3, -0.25) is 9.58 Å². The average molecular weight is 282 g/mol. The number of aromatic nitrogens is 2. The van der Waals surface area contributed by atoms with Gasteiger partial charge in [-0.1, -0.05) is 0 Å². The van der Waals surface area contributed by atoms with Crippen molar-refractivity contribution in [1.82, 2.24) is 14.7 Å². The van der Waals surface area contributed by atoms with Gasteiger partial charge < -0.3 is 14.8 Å². The molecule has 0 amide bonds. The van der Waals surface area contributed by atoms with Crippen molar-refractivity contribution < 1.29 is 14.3 Å². The van der Waals surface area contributed by atoms with Crippen LogP contribution in [0, 0.1) is 0 Å². The zero-order chi connectivity index (χ0) is 14.4. The second-order valence-electron chi connectivity index (χ2n) is 4.67. The monoisotopic (exact) mass is 282 g/mol. The van der Waals surface area contributed by atoms with E-state index in [0.717, 1.165) is 39.4 Å². The molecule has 20 heavy (non-hydrogen) atoms. The fourth-order valence-corrected chi connectivity index (χ4v) is 2.13. The standard InChI is InChI=1S/C13H22N4O3/c1-3-20-13(18)11-10-16(2)15-12(11)14-4-5-17-6-8-19-9-7-17/h10H,3-9H2,1-2H3,(H,14,15). The molecule has 2 rings (SSSR count). The van der Waals surface area contributed by atoms with Gasteiger partial charge in [-0.15, -0.1) is 0 Å². The third-order valence-electron chi connectivity index (χ3n) is 3.15. The Labute approximate surface area is 118 Å². The summed E-state index contributed by atoms with van der Waals surface area (Å²) >= 11 is 0. The molecule has 1 aromatic heterocycles. The molecule has 0 unspecified atom stereocenters. The van der Waals surface area contributed by atoms with Crippen LogP contribution in [0.25, 0.3) is 0 Å². The topological polar surface area (TPSA) is 68.6 Å². The molecule has 1 fully saturated rings. The Morgan fingerprint density at radius 2 is 2.25 bits per heavy atom. The van der Waals surface area contributed by atoms with Gasteiger partial charge >= 0.3 is 5.97 Å². The summed E-state index contributed by atoms with van der Waals surface area (Å²) < 4.78 is 11.9. The minimum atomic E-state index is -0.338. The molecule has 1 N–H and O–H groups in total. The van der Waals surface area contributed by atoms with Gasteiger partial charge in [0.15, 0.2) is 5.82 Å². The molecule has 112 valence electrons. The van der Waals surface area contributed by atoms with Crippen LogP contribution in [0.2, 0.25) is 0 Å². The Hall–Kier alpha value is -1.60. The molecule has 0 spiro atoms. The number of morpholine rings is 1. The van der Waals surface area contributed by atoms with Crippen LogP contribution >= 0.6 is 0 Å². The van der Waals surface area contributed by atoms with E-state index < -0.39 is 0 Å². The van der Waals surface area contributed by atoms with Crippen molar-refractivity contribution in [2.45, 2.75) is 6.92 Å². The van der Waals surface area contributed by atoms with E-state index in [4.69, 9.17) is 9.47 Å². The van der Waals surface area contributed by atoms with Gasteiger partial charge in [0.05, 0.1) is 19.8 Å². The van der Waals surface area contributed by atoms with Crippen molar-refractivity contribution in [3.63, 3.8) is 0 Å². The van der Waals surface area contributed by atoms with Crippen LogP contribution in [0.1, 0.15) is 17.3 Å². The lowest BCUT2D eigenvalue weighted by Crippen LogP contribution is -2.39. The smallest absolute Gasteiger partial charge is 0.343 e. The number of hydrogen-bond donors (Lipinski definition) is 1. The van der Waals surface area contributed by atoms with Crippen molar-refractivity contribution in [3.05, 3.63) is 11.8 Å². The maximum atomic E-state index is 11.8. The molecule has 0 radical (unpaired) electrons. The first-order chi connectivity index (χ1) is 9.70. The van der Waals surface area contributed by atoms with Gasteiger partial charge in [0.1, 0.15) is 5.56 Å². The van der Waals surface area contributed by atoms with Crippen LogP contribution < -0.4 is 5.32 Å². The van der Waals surface area contributed by atoms with Gasteiger partial charge in [-0.2, -0.15) is 5.10 Å². The second-order valence-corrected chi connectivity index (χ2v) is 4.67. The van der Waals surface area contributed by atoms with Crippen LogP contribution in [0.15, 0.2) is 6.20 Å². The van der Waals surface area contributed by atoms with Gasteiger partial charge in [-0.25, -0.2) is 4.79 Å². The second kappa shape index (κ2) is 7.25. The predicted molar refractivity (Wildman–Crippen MR) is 74.9 cm³/mol. The van der Waals surface area contributed by atoms with E-state index in [9.17, 15) is 4.79 Å². The molecule has 0 bridgehead atoms. The number of ether oxygens (including phenoxy) is 2. The summed E-state index contributed by atoms with van der Waals surface area (Å²) in [6, 6.07) is 0. The van der Waals surface area contributed by atoms with Gasteiger partial charge in [0.25, 0.3) is 0 Å². The fraction of sp³-hybridized carbons (Fsp3) is 0.692. The summed E-state index contributed by atoms with van der Waals surface area (Å²) in [5.74, 6) is 0.244. The quantitative estimate of drug-likeness (QED) is 0.759. The predicted octanol–water partition coefficient (Wildman–Crippen LogP) is 0.341. The normalized spacial score (nSPS) is 16.1. The minimum Gasteiger partial charge on any atom is -0.462 e. The summed E-state index contributed by atoms with van der Waals surface area (Å²) in [6.07, 6.45) is 1.68. The van der Waals surface area contributed by atoms with Crippen molar-refractivity contribution in [2.24, 2.45) is 7.05 Å². The first-order valence-electron chi connectivity index (χ1n) is 6.95. The molecule has 2 heterocycles. The van der Waals surface area contributed by atoms with Crippen molar-refractivity contribution in [1.29, 1.82) is 0 Å². The Balaban J connectivity index is 1.86. The maximum Gasteiger partial charge on any atom is 0.343 e. The lowest BCUT2D eigenvalue weighted by atomic mass is 10.3. The molecular weight excluding hydrogens is 260 g/mol. The summed E-state index contributed by atoms with van der Waals surface area (Å²) in [4.78, 5) is 14.1. The molecule has 1 aromatic rings. The van der Waals surface area contributed by atoms with Crippen LogP contribution in [0.4, 0.5) is 5.82 Å². The highest BCUT2D eigenvalue weighted by atomic mass is 16.5. The Morgan fingerprint density at radius 3 is 2.95 bits per heavy atom. The third kappa shape index (κ3) is 3.94. The van der Waals surface area contributed by atoms with Gasteiger partial charge in [0, 0.05) is 39.4 Å². The van der Waals surface area contributed by atoms with E-state index in [1.807, 2.05) is 0 Å². The van der Waals surface area contributed by atoms with Crippen molar-refractivity contribution in [3.8, 4) is 0 Å². The number of anilines is 1. The highest BCUT2D eigenvalue weighted by molar-refractivity contribution is 5.94. The SMILES string of the molecule is CCOC(=O)c1cn(C)nc1NCCN1CCOCC1. The number of rotatable bonds is 6. The zero-order valence-electron chi connectivity index (χ0n) is 12.1. The molecule has 1 aliphatic heterocycles. The maximum absolute atomic E-state index is 11.8. The highest BCUT2D eigenvalue weighted by Crippen LogP contribution is 2.13. The molecular formula is C13H22N4O3. The Bertz CT molecular complexity index is 441. The van der Waals surface area contributed by atoms with E-state index in [0.29, 0.717) is 18.0 Å². The van der Waals surface area contributed by atoms with Crippen molar-refractivity contribution >= 4 is 11.8 Å². The van der Waals surface area contributed by atoms with Crippen molar-refractivity contribution in [2.75, 3.05) is 51.3 Å². The number of carbonyl (C=O) groups excluding carboxylic acids is 1. The van der Waals surface area contributed by atoms with Crippen LogP contribution in [-0.4, -0.2) is 66.6 Å². The number of carbonyl (C=O) groups is 1. The number of nitrogens with one attached hydrogen (secondary N) is 1. The number of nitrogens with zero attached hydrogens (tertiary/aromatic N) is 3. The molecule has 0 aliphatic carbocycles. The lowest BCUT2D eigenvalue weighted by molar-refractivity contribution is 0.0398. The summed E-state index contributed by atoms with van der Waals surface area (Å²) in [7, 11) is 1.79. The highest BCUT2D eigenvalue weighted by Gasteiger charge is 2.17. The summed E-state index contributed by atoms with van der Waals surface area (Å²) in [5, 5.41) is 7.46. The molecule has 7 nitrogen and oxygen atoms in total. The fourth-order valence-electron chi connectivity index (χ4n) is 2.13. The van der Waals surface area contributed by atoms with E-state index in [2.05, 4.69) is 15.3 Å². The van der Waals surface area contributed by atoms with Gasteiger partial charge in [-0.05, 0) is 6.92 Å². The molecule has 1 saturated heterocycles. The van der Waals surface area contributed by atoms with E-state index >= 15 is 0 Å². The Kier molecular flexibility index (Phi) is 5.37. The number of hydrogen-bond acceptors (Lipinski definition) is 6. The number of aryl methyl sites for hydroxylation is 1. The van der Waals surface area contributed by atoms with Crippen LogP contribution in [0.3, 0.4) is 0 Å². The molecule has 1 aliphatic rings. The Morgan fingerprint density at radius 1 is 1.50 bits per heavy atom. The first-order valence-corrected chi connectivity index (χ1v) is 6.95. The minimum absolute atomic E-state index is 0.338. The van der Waals surface area contributed by atoms with E-state index in [1.165, 1.54) is 0 Å².